The first-order chi connectivity index (χ1) is 10.6. The first kappa shape index (κ1) is 15.5. The Labute approximate surface area is 141 Å². The fourth-order valence-corrected chi connectivity index (χ4v) is 3.03. The predicted octanol–water partition coefficient (Wildman–Crippen LogP) is 5.00. The Kier molecular flexibility index (Phi) is 4.48. The van der Waals surface area contributed by atoms with Gasteiger partial charge in [0.2, 0.25) is 0 Å². The normalized spacial score (nSPS) is 11.2. The lowest BCUT2D eigenvalue weighted by molar-refractivity contribution is 0.318. The highest BCUT2D eigenvalue weighted by Crippen LogP contribution is 2.27. The minimum atomic E-state index is -0.127. The number of hydrogen-bond acceptors (Lipinski definition) is 2. The Bertz CT molecular complexity index is 905. The van der Waals surface area contributed by atoms with Gasteiger partial charge in [0.1, 0.15) is 5.75 Å². The minimum Gasteiger partial charge on any atom is -0.493 e. The van der Waals surface area contributed by atoms with Gasteiger partial charge in [-0.3, -0.25) is 4.79 Å². The van der Waals surface area contributed by atoms with Crippen molar-refractivity contribution in [2.24, 2.45) is 0 Å². The summed E-state index contributed by atoms with van der Waals surface area (Å²) in [6.45, 7) is 0.532. The molecule has 3 nitrogen and oxygen atoms in total. The molecule has 22 heavy (non-hydrogen) atoms. The summed E-state index contributed by atoms with van der Waals surface area (Å²) in [5, 5.41) is 1.81. The maximum atomic E-state index is 12.6. The third-order valence-corrected chi connectivity index (χ3v) is 4.12. The molecule has 0 saturated carbocycles. The average molecular weight is 357 g/mol. The molecule has 1 N–H and O–H groups in total. The smallest absolute Gasteiger partial charge is 0.198 e. The standard InChI is InChI=1S/C16H12Cl3NO2/c17-4-1-5-22-10-2-3-11-13(8-10)20-14-7-9(18)6-12(19)15(14)16(11)21/h2-3,6-8H,1,4-5H2,(H,20,21). The van der Waals surface area contributed by atoms with E-state index in [1.54, 1.807) is 30.3 Å². The molecule has 2 aromatic carbocycles. The number of hydrogen-bond donors (Lipinski definition) is 1. The van der Waals surface area contributed by atoms with Crippen LogP contribution in [0, 0.1) is 0 Å². The molecule has 6 heteroatoms. The molecule has 0 spiro atoms. The van der Waals surface area contributed by atoms with Gasteiger partial charge in [0, 0.05) is 22.4 Å². The van der Waals surface area contributed by atoms with Crippen LogP contribution in [0.4, 0.5) is 0 Å². The molecule has 0 aliphatic heterocycles. The Morgan fingerprint density at radius 3 is 2.68 bits per heavy atom. The number of halogens is 3. The van der Waals surface area contributed by atoms with E-state index in [2.05, 4.69) is 4.98 Å². The third kappa shape index (κ3) is 2.89. The van der Waals surface area contributed by atoms with E-state index in [9.17, 15) is 4.79 Å². The van der Waals surface area contributed by atoms with Crippen LogP contribution >= 0.6 is 34.8 Å². The van der Waals surface area contributed by atoms with Gasteiger partial charge >= 0.3 is 0 Å². The zero-order valence-electron chi connectivity index (χ0n) is 11.5. The molecule has 1 heterocycles. The molecule has 0 saturated heterocycles. The van der Waals surface area contributed by atoms with Crippen LogP contribution < -0.4 is 10.2 Å². The van der Waals surface area contributed by atoms with Crippen molar-refractivity contribution >= 4 is 56.6 Å². The van der Waals surface area contributed by atoms with E-state index in [1.165, 1.54) is 0 Å². The van der Waals surface area contributed by atoms with E-state index < -0.39 is 0 Å². The fraction of sp³-hybridized carbons (Fsp3) is 0.188. The lowest BCUT2D eigenvalue weighted by atomic mass is 10.1. The summed E-state index contributed by atoms with van der Waals surface area (Å²) >= 11 is 17.8. The van der Waals surface area contributed by atoms with Crippen LogP contribution in [-0.2, 0) is 0 Å². The van der Waals surface area contributed by atoms with Crippen LogP contribution in [0.2, 0.25) is 10.0 Å². The van der Waals surface area contributed by atoms with Crippen molar-refractivity contribution in [3.05, 3.63) is 50.6 Å². The number of aromatic nitrogens is 1. The molecule has 0 aliphatic rings. The van der Waals surface area contributed by atoms with Crippen molar-refractivity contribution in [1.82, 2.24) is 4.98 Å². The Hall–Kier alpha value is -1.42. The number of aromatic amines is 1. The second-order valence-corrected chi connectivity index (χ2v) is 6.08. The van der Waals surface area contributed by atoms with Crippen LogP contribution in [0.25, 0.3) is 21.8 Å². The molecule has 0 bridgehead atoms. The summed E-state index contributed by atoms with van der Waals surface area (Å²) in [6, 6.07) is 8.54. The topological polar surface area (TPSA) is 42.1 Å². The van der Waals surface area contributed by atoms with Gasteiger partial charge in [-0.2, -0.15) is 0 Å². The number of nitrogens with one attached hydrogen (secondary N) is 1. The number of benzene rings is 2. The molecule has 0 unspecified atom stereocenters. The molecule has 0 aliphatic carbocycles. The molecular formula is C16H12Cl3NO2. The first-order valence-corrected chi connectivity index (χ1v) is 8.03. The third-order valence-electron chi connectivity index (χ3n) is 3.33. The number of fused-ring (bicyclic) bond motifs is 2. The predicted molar refractivity (Wildman–Crippen MR) is 92.9 cm³/mol. The number of pyridine rings is 1. The van der Waals surface area contributed by atoms with Crippen molar-refractivity contribution in [2.45, 2.75) is 6.42 Å². The number of H-pyrrole nitrogens is 1. The minimum absolute atomic E-state index is 0.127. The molecule has 0 atom stereocenters. The monoisotopic (exact) mass is 355 g/mol. The van der Waals surface area contributed by atoms with Gasteiger partial charge in [-0.05, 0) is 30.7 Å². The maximum absolute atomic E-state index is 12.6. The second-order valence-electron chi connectivity index (χ2n) is 4.86. The van der Waals surface area contributed by atoms with Crippen LogP contribution in [0.5, 0.6) is 5.75 Å². The van der Waals surface area contributed by atoms with Gasteiger partial charge < -0.3 is 9.72 Å². The van der Waals surface area contributed by atoms with E-state index in [-0.39, 0.29) is 5.43 Å². The van der Waals surface area contributed by atoms with E-state index in [0.29, 0.717) is 50.1 Å². The van der Waals surface area contributed by atoms with E-state index in [0.717, 1.165) is 6.42 Å². The van der Waals surface area contributed by atoms with E-state index in [1.807, 2.05) is 0 Å². The number of rotatable bonds is 4. The van der Waals surface area contributed by atoms with Crippen molar-refractivity contribution in [2.75, 3.05) is 12.5 Å². The first-order valence-electron chi connectivity index (χ1n) is 6.73. The largest absolute Gasteiger partial charge is 0.493 e. The zero-order valence-corrected chi connectivity index (χ0v) is 13.7. The summed E-state index contributed by atoms with van der Waals surface area (Å²) in [5.74, 6) is 1.23. The molecular weight excluding hydrogens is 345 g/mol. The van der Waals surface area contributed by atoms with E-state index >= 15 is 0 Å². The zero-order chi connectivity index (χ0) is 15.7. The summed E-state index contributed by atoms with van der Waals surface area (Å²) < 4.78 is 5.60. The van der Waals surface area contributed by atoms with Crippen molar-refractivity contribution < 1.29 is 4.74 Å². The molecule has 3 rings (SSSR count). The van der Waals surface area contributed by atoms with Crippen molar-refractivity contribution in [1.29, 1.82) is 0 Å². The summed E-state index contributed by atoms with van der Waals surface area (Å²) in [4.78, 5) is 15.8. The Balaban J connectivity index is 2.17. The Morgan fingerprint density at radius 2 is 1.91 bits per heavy atom. The van der Waals surface area contributed by atoms with Gasteiger partial charge in [-0.15, -0.1) is 11.6 Å². The summed E-state index contributed by atoms with van der Waals surface area (Å²) in [7, 11) is 0. The fourth-order valence-electron chi connectivity index (χ4n) is 2.34. The Morgan fingerprint density at radius 1 is 1.09 bits per heavy atom. The SMILES string of the molecule is O=c1c2ccc(OCCCCl)cc2[nH]c2cc(Cl)cc(Cl)c12. The van der Waals surface area contributed by atoms with Crippen LogP contribution in [0.1, 0.15) is 6.42 Å². The number of alkyl halides is 1. The van der Waals surface area contributed by atoms with Gasteiger partial charge in [0.25, 0.3) is 0 Å². The molecule has 0 radical (unpaired) electrons. The average Bonchev–Trinajstić information content (AvgIpc) is 2.46. The van der Waals surface area contributed by atoms with Gasteiger partial charge in [-0.1, -0.05) is 23.2 Å². The molecule has 3 aromatic rings. The number of ether oxygens (including phenoxy) is 1. The molecule has 114 valence electrons. The second kappa shape index (κ2) is 6.37. The summed E-state index contributed by atoms with van der Waals surface area (Å²) in [6.07, 6.45) is 0.763. The highest BCUT2D eigenvalue weighted by molar-refractivity contribution is 6.38. The lowest BCUT2D eigenvalue weighted by Crippen LogP contribution is -2.05. The highest BCUT2D eigenvalue weighted by Gasteiger charge is 2.10. The quantitative estimate of drug-likeness (QED) is 0.406. The lowest BCUT2D eigenvalue weighted by Gasteiger charge is -2.08. The molecule has 0 fully saturated rings. The molecule has 1 aromatic heterocycles. The van der Waals surface area contributed by atoms with Gasteiger partial charge in [-0.25, -0.2) is 0 Å². The van der Waals surface area contributed by atoms with Gasteiger partial charge in [0.05, 0.1) is 28.0 Å². The van der Waals surface area contributed by atoms with Crippen LogP contribution in [0.15, 0.2) is 35.1 Å². The summed E-state index contributed by atoms with van der Waals surface area (Å²) in [5.41, 5.74) is 1.16. The van der Waals surface area contributed by atoms with Gasteiger partial charge in [0.15, 0.2) is 5.43 Å². The van der Waals surface area contributed by atoms with Crippen LogP contribution in [-0.4, -0.2) is 17.5 Å². The van der Waals surface area contributed by atoms with E-state index in [4.69, 9.17) is 39.5 Å². The van der Waals surface area contributed by atoms with Crippen molar-refractivity contribution in [3.63, 3.8) is 0 Å². The highest BCUT2D eigenvalue weighted by atomic mass is 35.5. The molecule has 0 amide bonds. The van der Waals surface area contributed by atoms with Crippen molar-refractivity contribution in [3.8, 4) is 5.75 Å². The van der Waals surface area contributed by atoms with Crippen LogP contribution in [0.3, 0.4) is 0 Å². The maximum Gasteiger partial charge on any atom is 0.198 e.